The van der Waals surface area contributed by atoms with Gasteiger partial charge in [0, 0.05) is 5.69 Å². The highest BCUT2D eigenvalue weighted by molar-refractivity contribution is 8.00. The Bertz CT molecular complexity index is 840. The van der Waals surface area contributed by atoms with Crippen molar-refractivity contribution in [3.8, 4) is 6.07 Å². The summed E-state index contributed by atoms with van der Waals surface area (Å²) in [5, 5.41) is 22.3. The average molecular weight is 374 g/mol. The molecular formula is C17H19N5OS2. The van der Waals surface area contributed by atoms with Crippen LogP contribution in [0.4, 0.5) is 5.13 Å². The number of rotatable bonds is 5. The number of amides is 1. The maximum absolute atomic E-state index is 12.2. The number of nitriles is 1. The second-order valence-corrected chi connectivity index (χ2v) is 7.88. The molecule has 25 heavy (non-hydrogen) atoms. The monoisotopic (exact) mass is 373 g/mol. The van der Waals surface area contributed by atoms with Crippen LogP contribution in [0.25, 0.3) is 0 Å². The summed E-state index contributed by atoms with van der Waals surface area (Å²) >= 11 is 2.69. The second-order valence-electron chi connectivity index (χ2n) is 5.85. The maximum Gasteiger partial charge on any atom is 0.236 e. The van der Waals surface area contributed by atoms with Crippen LogP contribution < -0.4 is 5.32 Å². The van der Waals surface area contributed by atoms with E-state index in [1.54, 1.807) is 0 Å². The van der Waals surface area contributed by atoms with E-state index in [0.717, 1.165) is 48.4 Å². The molecule has 0 aliphatic heterocycles. The number of anilines is 1. The predicted molar refractivity (Wildman–Crippen MR) is 99.0 cm³/mol. The summed E-state index contributed by atoms with van der Waals surface area (Å²) in [5.41, 5.74) is 3.93. The molecule has 0 aromatic carbocycles. The maximum atomic E-state index is 12.2. The number of carbonyl (C=O) groups excluding carboxylic acids is 1. The molecule has 0 saturated carbocycles. The minimum absolute atomic E-state index is 0.162. The lowest BCUT2D eigenvalue weighted by atomic mass is 9.91. The lowest BCUT2D eigenvalue weighted by Gasteiger charge is -2.19. The van der Waals surface area contributed by atoms with Crippen molar-refractivity contribution in [2.24, 2.45) is 0 Å². The van der Waals surface area contributed by atoms with Crippen molar-refractivity contribution in [1.29, 1.82) is 5.26 Å². The Morgan fingerprint density at radius 1 is 1.36 bits per heavy atom. The van der Waals surface area contributed by atoms with E-state index in [1.165, 1.54) is 28.7 Å². The molecule has 0 bridgehead atoms. The van der Waals surface area contributed by atoms with Gasteiger partial charge < -0.3 is 0 Å². The molecule has 2 aromatic rings. The number of aromatic nitrogens is 3. The largest absolute Gasteiger partial charge is 0.300 e. The minimum atomic E-state index is -0.162. The first-order valence-corrected chi connectivity index (χ1v) is 10.1. The predicted octanol–water partition coefficient (Wildman–Crippen LogP) is 3.29. The van der Waals surface area contributed by atoms with Crippen LogP contribution in [0.5, 0.6) is 0 Å². The topological polar surface area (TPSA) is 91.6 Å². The van der Waals surface area contributed by atoms with Crippen molar-refractivity contribution in [2.45, 2.75) is 51.0 Å². The van der Waals surface area contributed by atoms with Gasteiger partial charge in [-0.25, -0.2) is 4.98 Å². The zero-order valence-electron chi connectivity index (χ0n) is 14.3. The van der Waals surface area contributed by atoms with Crippen molar-refractivity contribution >= 4 is 34.1 Å². The van der Waals surface area contributed by atoms with Gasteiger partial charge in [-0.05, 0) is 50.2 Å². The van der Waals surface area contributed by atoms with Gasteiger partial charge >= 0.3 is 0 Å². The van der Waals surface area contributed by atoms with Crippen LogP contribution in [0.1, 0.15) is 47.2 Å². The molecule has 1 aliphatic rings. The van der Waals surface area contributed by atoms with E-state index in [2.05, 4.69) is 26.6 Å². The standard InChI is InChI=1S/C17H19N5OS2/c1-3-15-21-22-17(25-15)20-14(23)9-24-16-12(8-18)10(2)11-6-4-5-7-13(11)19-16/h3-7,9H2,1-2H3,(H,20,22,23). The first kappa shape index (κ1) is 17.8. The van der Waals surface area contributed by atoms with Crippen molar-refractivity contribution < 1.29 is 4.79 Å². The van der Waals surface area contributed by atoms with Crippen LogP contribution in [0, 0.1) is 18.3 Å². The van der Waals surface area contributed by atoms with Gasteiger partial charge in [-0.1, -0.05) is 30.0 Å². The van der Waals surface area contributed by atoms with E-state index in [4.69, 9.17) is 0 Å². The Labute approximate surface area is 155 Å². The van der Waals surface area contributed by atoms with Crippen LogP contribution in [0.2, 0.25) is 0 Å². The summed E-state index contributed by atoms with van der Waals surface area (Å²) in [7, 11) is 0. The summed E-state index contributed by atoms with van der Waals surface area (Å²) in [4.78, 5) is 16.8. The molecule has 0 fully saturated rings. The number of hydrogen-bond acceptors (Lipinski definition) is 7. The quantitative estimate of drug-likeness (QED) is 0.809. The molecule has 1 amide bonds. The molecule has 3 rings (SSSR count). The third kappa shape index (κ3) is 3.99. The van der Waals surface area contributed by atoms with Crippen molar-refractivity contribution in [1.82, 2.24) is 15.2 Å². The zero-order valence-corrected chi connectivity index (χ0v) is 15.9. The van der Waals surface area contributed by atoms with Crippen LogP contribution in [0.3, 0.4) is 0 Å². The first-order valence-electron chi connectivity index (χ1n) is 8.29. The lowest BCUT2D eigenvalue weighted by Crippen LogP contribution is -2.15. The highest BCUT2D eigenvalue weighted by atomic mass is 32.2. The van der Waals surface area contributed by atoms with Gasteiger partial charge in [0.25, 0.3) is 0 Å². The summed E-state index contributed by atoms with van der Waals surface area (Å²) in [6.45, 7) is 3.98. The van der Waals surface area contributed by atoms with E-state index < -0.39 is 0 Å². The third-order valence-electron chi connectivity index (χ3n) is 4.18. The number of pyridine rings is 1. The molecule has 0 saturated heterocycles. The summed E-state index contributed by atoms with van der Waals surface area (Å²) in [6.07, 6.45) is 5.02. The molecule has 6 nitrogen and oxygen atoms in total. The zero-order chi connectivity index (χ0) is 17.8. The van der Waals surface area contributed by atoms with E-state index in [0.29, 0.717) is 15.7 Å². The lowest BCUT2D eigenvalue weighted by molar-refractivity contribution is -0.113. The summed E-state index contributed by atoms with van der Waals surface area (Å²) < 4.78 is 0. The smallest absolute Gasteiger partial charge is 0.236 e. The number of fused-ring (bicyclic) bond motifs is 1. The van der Waals surface area contributed by atoms with Gasteiger partial charge in [-0.3, -0.25) is 10.1 Å². The molecule has 2 heterocycles. The molecule has 0 spiro atoms. The molecule has 0 atom stereocenters. The second kappa shape index (κ2) is 7.93. The molecule has 2 aromatic heterocycles. The molecule has 1 aliphatic carbocycles. The van der Waals surface area contributed by atoms with Gasteiger partial charge in [0.2, 0.25) is 11.0 Å². The summed E-state index contributed by atoms with van der Waals surface area (Å²) in [5.74, 6) is 0.0332. The molecule has 130 valence electrons. The van der Waals surface area contributed by atoms with Crippen LogP contribution >= 0.6 is 23.1 Å². The molecule has 0 unspecified atom stereocenters. The SMILES string of the molecule is CCc1nnc(NC(=O)CSc2nc3c(c(C)c2C#N)CCCC3)s1. The molecular weight excluding hydrogens is 354 g/mol. The Hall–Kier alpha value is -1.98. The number of nitrogens with zero attached hydrogens (tertiary/aromatic N) is 4. The summed E-state index contributed by atoms with van der Waals surface area (Å²) in [6, 6.07) is 2.26. The van der Waals surface area contributed by atoms with E-state index >= 15 is 0 Å². The number of thioether (sulfide) groups is 1. The minimum Gasteiger partial charge on any atom is -0.300 e. The van der Waals surface area contributed by atoms with Crippen molar-refractivity contribution in [3.63, 3.8) is 0 Å². The van der Waals surface area contributed by atoms with E-state index in [9.17, 15) is 10.1 Å². The van der Waals surface area contributed by atoms with E-state index in [1.807, 2.05) is 13.8 Å². The van der Waals surface area contributed by atoms with Gasteiger partial charge in [0.1, 0.15) is 16.1 Å². The average Bonchev–Trinajstić information content (AvgIpc) is 3.07. The Kier molecular flexibility index (Phi) is 5.66. The highest BCUT2D eigenvalue weighted by Crippen LogP contribution is 2.31. The molecule has 1 N–H and O–H groups in total. The third-order valence-corrected chi connectivity index (χ3v) is 6.14. The van der Waals surface area contributed by atoms with Crippen molar-refractivity contribution in [2.75, 3.05) is 11.1 Å². The Morgan fingerprint density at radius 2 is 2.16 bits per heavy atom. The fourth-order valence-corrected chi connectivity index (χ4v) is 4.43. The van der Waals surface area contributed by atoms with Crippen LogP contribution in [-0.2, 0) is 24.1 Å². The normalized spacial score (nSPS) is 13.2. The Morgan fingerprint density at radius 3 is 2.88 bits per heavy atom. The highest BCUT2D eigenvalue weighted by Gasteiger charge is 2.20. The number of aryl methyl sites for hydroxylation is 2. The molecule has 8 heteroatoms. The van der Waals surface area contributed by atoms with Gasteiger partial charge in [-0.2, -0.15) is 5.26 Å². The van der Waals surface area contributed by atoms with Crippen molar-refractivity contribution in [3.05, 3.63) is 27.4 Å². The van der Waals surface area contributed by atoms with Crippen LogP contribution in [0.15, 0.2) is 5.03 Å². The van der Waals surface area contributed by atoms with Gasteiger partial charge in [0.15, 0.2) is 0 Å². The van der Waals surface area contributed by atoms with E-state index in [-0.39, 0.29) is 11.7 Å². The van der Waals surface area contributed by atoms with Gasteiger partial charge in [0.05, 0.1) is 11.3 Å². The number of carbonyl (C=O) groups is 1. The number of hydrogen-bond donors (Lipinski definition) is 1. The van der Waals surface area contributed by atoms with Crippen LogP contribution in [-0.4, -0.2) is 26.8 Å². The molecule has 0 radical (unpaired) electrons. The fraction of sp³-hybridized carbons (Fsp3) is 0.471. The Balaban J connectivity index is 1.71. The number of nitrogens with one attached hydrogen (secondary N) is 1. The fourth-order valence-electron chi connectivity index (χ4n) is 2.88. The van der Waals surface area contributed by atoms with Gasteiger partial charge in [-0.15, -0.1) is 10.2 Å². The first-order chi connectivity index (χ1) is 12.1.